The summed E-state index contributed by atoms with van der Waals surface area (Å²) in [6.45, 7) is 0. The fraction of sp³-hybridized carbons (Fsp3) is 0. The van der Waals surface area contributed by atoms with Gasteiger partial charge >= 0.3 is 18.9 Å². The van der Waals surface area contributed by atoms with Gasteiger partial charge in [0.25, 0.3) is 0 Å². The summed E-state index contributed by atoms with van der Waals surface area (Å²) in [6.07, 6.45) is 0. The first-order valence-corrected chi connectivity index (χ1v) is 8.90. The van der Waals surface area contributed by atoms with Gasteiger partial charge in [-0.2, -0.15) is 0 Å². The van der Waals surface area contributed by atoms with Crippen LogP contribution in [0.4, 0.5) is 0 Å². The Labute approximate surface area is 153 Å². The Balaban J connectivity index is 0.00000208. The molecule has 0 fully saturated rings. The fourth-order valence-corrected chi connectivity index (χ4v) is 4.34. The Bertz CT molecular complexity index is 809. The Hall–Kier alpha value is -2.04. The van der Waals surface area contributed by atoms with Gasteiger partial charge in [0.2, 0.25) is 7.29 Å². The number of benzene rings is 3. The van der Waals surface area contributed by atoms with Crippen LogP contribution in [0.1, 0.15) is 5.56 Å². The van der Waals surface area contributed by atoms with E-state index in [0.717, 1.165) is 0 Å². The van der Waals surface area contributed by atoms with Gasteiger partial charge in [-0.15, -0.1) is 0 Å². The van der Waals surface area contributed by atoms with E-state index in [2.05, 4.69) is 4.76 Å². The molecule has 0 heterocycles. The largest absolute Gasteiger partial charge is 1.00 e. The molecule has 0 saturated heterocycles. The zero-order valence-corrected chi connectivity index (χ0v) is 14.3. The van der Waals surface area contributed by atoms with Crippen molar-refractivity contribution in [3.8, 4) is 0 Å². The molecule has 24 heavy (non-hydrogen) atoms. The topological polar surface area (TPSA) is 52.5 Å². The van der Waals surface area contributed by atoms with Gasteiger partial charge in [0.1, 0.15) is 0 Å². The van der Waals surface area contributed by atoms with Crippen LogP contribution in [0.2, 0.25) is 0 Å². The minimum atomic E-state index is -3.37. The third kappa shape index (κ3) is 3.89. The van der Waals surface area contributed by atoms with Gasteiger partial charge in [-0.3, -0.25) is 4.57 Å². The molecule has 5 heteroatoms. The molecular weight excluding hydrogens is 312 g/mol. The fourth-order valence-electron chi connectivity index (χ4n) is 2.29. The number of hydrogen-bond acceptors (Lipinski definition) is 2. The maximum atomic E-state index is 13.6. The molecule has 114 valence electrons. The molecule has 0 unspecified atom stereocenters. The van der Waals surface area contributed by atoms with Crippen molar-refractivity contribution in [1.82, 2.24) is 0 Å². The summed E-state index contributed by atoms with van der Waals surface area (Å²) in [5.74, 6) is -0.471. The third-order valence-corrected chi connectivity index (χ3v) is 5.92. The molecule has 3 aromatic carbocycles. The van der Waals surface area contributed by atoms with Gasteiger partial charge in [0, 0.05) is 10.6 Å². The summed E-state index contributed by atoms with van der Waals surface area (Å²) in [4.78, 5) is 0. The number of hydrogen-bond donors (Lipinski definition) is 0. The van der Waals surface area contributed by atoms with Crippen molar-refractivity contribution < 1.29 is 28.5 Å². The molecule has 3 aromatic rings. The third-order valence-electron chi connectivity index (χ3n) is 3.46. The van der Waals surface area contributed by atoms with Crippen LogP contribution < -0.4 is 34.6 Å². The summed E-state index contributed by atoms with van der Waals surface area (Å²) in [6, 6.07) is 26.6. The smallest absolute Gasteiger partial charge is 0.858 e. The van der Waals surface area contributed by atoms with E-state index in [1.807, 2.05) is 18.2 Å². The minimum Gasteiger partial charge on any atom is -0.858 e. The van der Waals surface area contributed by atoms with Crippen LogP contribution in [0.3, 0.4) is 0 Å². The summed E-state index contributed by atoms with van der Waals surface area (Å²) >= 11 is 0. The van der Waals surface area contributed by atoms with Gasteiger partial charge in [0.15, 0.2) is 0 Å². The van der Waals surface area contributed by atoms with Crippen molar-refractivity contribution in [2.75, 3.05) is 0 Å². The molecule has 0 bridgehead atoms. The molecule has 3 rings (SSSR count). The second-order valence-electron chi connectivity index (χ2n) is 5.02. The molecular formula is C19H15LiNO2P. The van der Waals surface area contributed by atoms with Gasteiger partial charge in [0.05, 0.1) is 0 Å². The van der Waals surface area contributed by atoms with Crippen LogP contribution in [0.15, 0.2) is 95.8 Å². The molecule has 0 aliphatic heterocycles. The monoisotopic (exact) mass is 327 g/mol. The Kier molecular flexibility index (Phi) is 6.23. The Morgan fingerprint density at radius 2 is 1.08 bits per heavy atom. The SMILES string of the molecule is O=P(N=C([O-])c1ccccc1)(c1ccccc1)c1ccccc1.[Li+]. The second-order valence-corrected chi connectivity index (χ2v) is 7.40. The van der Waals surface area contributed by atoms with Crippen LogP contribution in [0.5, 0.6) is 0 Å². The van der Waals surface area contributed by atoms with Crippen molar-refractivity contribution in [1.29, 1.82) is 0 Å². The van der Waals surface area contributed by atoms with Crippen molar-refractivity contribution in [3.63, 3.8) is 0 Å². The first kappa shape index (κ1) is 18.3. The maximum Gasteiger partial charge on any atom is 1.00 e. The van der Waals surface area contributed by atoms with E-state index in [1.165, 1.54) is 0 Å². The molecule has 0 radical (unpaired) electrons. The van der Waals surface area contributed by atoms with Crippen molar-refractivity contribution in [2.45, 2.75) is 0 Å². The average Bonchev–Trinajstić information content (AvgIpc) is 2.64. The summed E-state index contributed by atoms with van der Waals surface area (Å²) in [5.41, 5.74) is 0.430. The number of nitrogens with zero attached hydrogens (tertiary/aromatic N) is 1. The van der Waals surface area contributed by atoms with E-state index in [1.54, 1.807) is 72.8 Å². The minimum absolute atomic E-state index is 0. The summed E-state index contributed by atoms with van der Waals surface area (Å²) < 4.78 is 17.7. The molecule has 0 aliphatic carbocycles. The summed E-state index contributed by atoms with van der Waals surface area (Å²) in [7, 11) is -3.37. The van der Waals surface area contributed by atoms with E-state index >= 15 is 0 Å². The predicted octanol–water partition coefficient (Wildman–Crippen LogP) is -0.273. The zero-order valence-electron chi connectivity index (χ0n) is 13.4. The van der Waals surface area contributed by atoms with Crippen LogP contribution in [0.25, 0.3) is 0 Å². The van der Waals surface area contributed by atoms with E-state index in [9.17, 15) is 9.67 Å². The zero-order chi connectivity index (χ0) is 16.1. The first-order valence-electron chi connectivity index (χ1n) is 7.24. The molecule has 0 aliphatic rings. The molecule has 0 aromatic heterocycles. The van der Waals surface area contributed by atoms with Gasteiger partial charge in [-0.05, 0) is 35.7 Å². The molecule has 0 saturated carbocycles. The molecule has 0 atom stereocenters. The summed E-state index contributed by atoms with van der Waals surface area (Å²) in [5, 5.41) is 13.6. The van der Waals surface area contributed by atoms with Crippen molar-refractivity contribution in [2.24, 2.45) is 4.76 Å². The first-order chi connectivity index (χ1) is 11.2. The standard InChI is InChI=1S/C19H16NO2P.Li/c21-19(16-10-4-1-5-11-16)20-23(22,17-12-6-2-7-13-17)18-14-8-3-9-15-18;/h1-15H,(H,20,21,22);/q;+1/p-1. The molecule has 3 nitrogen and oxygen atoms in total. The molecule has 0 amide bonds. The van der Waals surface area contributed by atoms with E-state index < -0.39 is 13.2 Å². The van der Waals surface area contributed by atoms with Crippen LogP contribution >= 0.6 is 7.29 Å². The van der Waals surface area contributed by atoms with E-state index in [0.29, 0.717) is 16.2 Å². The molecule has 0 N–H and O–H groups in total. The van der Waals surface area contributed by atoms with Crippen LogP contribution in [-0.4, -0.2) is 5.90 Å². The normalized spacial score (nSPS) is 11.6. The molecule has 0 spiro atoms. The van der Waals surface area contributed by atoms with E-state index in [-0.39, 0.29) is 18.9 Å². The quantitative estimate of drug-likeness (QED) is 0.287. The van der Waals surface area contributed by atoms with Gasteiger partial charge < -0.3 is 5.11 Å². The maximum absolute atomic E-state index is 13.6. The second kappa shape index (κ2) is 8.17. The number of rotatable bonds is 4. The van der Waals surface area contributed by atoms with Crippen molar-refractivity contribution in [3.05, 3.63) is 96.6 Å². The van der Waals surface area contributed by atoms with Crippen LogP contribution in [0, 0.1) is 0 Å². The average molecular weight is 327 g/mol. The Morgan fingerprint density at radius 1 is 0.708 bits per heavy atom. The Morgan fingerprint density at radius 3 is 1.50 bits per heavy atom. The predicted molar refractivity (Wildman–Crippen MR) is 92.7 cm³/mol. The van der Waals surface area contributed by atoms with Gasteiger partial charge in [-0.1, -0.05) is 66.7 Å². The van der Waals surface area contributed by atoms with E-state index in [4.69, 9.17) is 0 Å². The van der Waals surface area contributed by atoms with Crippen molar-refractivity contribution >= 4 is 23.8 Å². The van der Waals surface area contributed by atoms with Gasteiger partial charge in [-0.25, -0.2) is 4.76 Å². The van der Waals surface area contributed by atoms with Crippen LogP contribution in [-0.2, 0) is 4.57 Å².